The average molecular weight is 195 g/mol. The molecule has 0 radical (unpaired) electrons. The Morgan fingerprint density at radius 3 is 2.86 bits per heavy atom. The first-order chi connectivity index (χ1) is 6.70. The molecule has 0 unspecified atom stereocenters. The Bertz CT molecular complexity index is 333. The summed E-state index contributed by atoms with van der Waals surface area (Å²) in [5.41, 5.74) is 2.15. The minimum atomic E-state index is -0.0914. The lowest BCUT2D eigenvalue weighted by molar-refractivity contribution is -0.0769. The van der Waals surface area contributed by atoms with Crippen LogP contribution in [-0.2, 0) is 4.84 Å². The van der Waals surface area contributed by atoms with Crippen LogP contribution >= 0.6 is 0 Å². The van der Waals surface area contributed by atoms with E-state index in [0.29, 0.717) is 18.7 Å². The third-order valence-corrected chi connectivity index (χ3v) is 2.32. The van der Waals surface area contributed by atoms with Crippen molar-refractivity contribution in [2.75, 3.05) is 13.2 Å². The van der Waals surface area contributed by atoms with E-state index in [-0.39, 0.29) is 5.91 Å². The standard InChI is InChI=1S/C9H13N3O2/c1-6-8(7(2)11-10-6)9(13)12-4-3-5-14-12/h3-5H2,1-2H3,(H,10,11). The Morgan fingerprint density at radius 1 is 1.57 bits per heavy atom. The second-order valence-corrected chi connectivity index (χ2v) is 3.40. The van der Waals surface area contributed by atoms with E-state index >= 15 is 0 Å². The molecule has 14 heavy (non-hydrogen) atoms. The van der Waals surface area contributed by atoms with E-state index in [1.807, 2.05) is 13.8 Å². The molecular formula is C9H13N3O2. The Kier molecular flexibility index (Phi) is 2.25. The number of H-pyrrole nitrogens is 1. The van der Waals surface area contributed by atoms with Crippen LogP contribution in [0.15, 0.2) is 0 Å². The van der Waals surface area contributed by atoms with Gasteiger partial charge in [-0.05, 0) is 20.3 Å². The third kappa shape index (κ3) is 1.39. The monoisotopic (exact) mass is 195 g/mol. The lowest BCUT2D eigenvalue weighted by Crippen LogP contribution is -2.27. The highest BCUT2D eigenvalue weighted by molar-refractivity contribution is 5.95. The summed E-state index contributed by atoms with van der Waals surface area (Å²) in [7, 11) is 0. The van der Waals surface area contributed by atoms with Crippen LogP contribution in [0.5, 0.6) is 0 Å². The fraction of sp³-hybridized carbons (Fsp3) is 0.556. The first-order valence-corrected chi connectivity index (χ1v) is 4.66. The summed E-state index contributed by atoms with van der Waals surface area (Å²) in [4.78, 5) is 17.1. The van der Waals surface area contributed by atoms with Crippen LogP contribution in [-0.4, -0.2) is 34.3 Å². The first kappa shape index (κ1) is 9.21. The van der Waals surface area contributed by atoms with Crippen LogP contribution in [0.3, 0.4) is 0 Å². The average Bonchev–Trinajstić information content (AvgIpc) is 2.75. The molecule has 5 nitrogen and oxygen atoms in total. The number of carbonyl (C=O) groups is 1. The van der Waals surface area contributed by atoms with E-state index in [1.54, 1.807) is 0 Å². The molecule has 2 rings (SSSR count). The molecule has 1 saturated heterocycles. The van der Waals surface area contributed by atoms with Gasteiger partial charge in [0.15, 0.2) is 0 Å². The number of rotatable bonds is 1. The molecule has 2 heterocycles. The summed E-state index contributed by atoms with van der Waals surface area (Å²) < 4.78 is 0. The minimum absolute atomic E-state index is 0.0914. The second-order valence-electron chi connectivity index (χ2n) is 3.40. The number of aromatic nitrogens is 2. The molecule has 0 bridgehead atoms. The first-order valence-electron chi connectivity index (χ1n) is 4.66. The number of hydrogen-bond donors (Lipinski definition) is 1. The Hall–Kier alpha value is -1.36. The van der Waals surface area contributed by atoms with Crippen molar-refractivity contribution in [3.05, 3.63) is 17.0 Å². The van der Waals surface area contributed by atoms with Crippen molar-refractivity contribution >= 4 is 5.91 Å². The summed E-state index contributed by atoms with van der Waals surface area (Å²) in [5.74, 6) is -0.0914. The number of aryl methyl sites for hydroxylation is 2. The lowest BCUT2D eigenvalue weighted by atomic mass is 10.2. The van der Waals surface area contributed by atoms with Crippen molar-refractivity contribution in [2.45, 2.75) is 20.3 Å². The maximum atomic E-state index is 11.9. The van der Waals surface area contributed by atoms with Crippen LogP contribution < -0.4 is 0 Å². The Balaban J connectivity index is 2.25. The number of aromatic amines is 1. The van der Waals surface area contributed by atoms with Gasteiger partial charge in [0.25, 0.3) is 5.91 Å². The number of carbonyl (C=O) groups excluding carboxylic acids is 1. The smallest absolute Gasteiger partial charge is 0.281 e. The summed E-state index contributed by atoms with van der Waals surface area (Å²) >= 11 is 0. The van der Waals surface area contributed by atoms with Gasteiger partial charge in [0.1, 0.15) is 0 Å². The molecule has 0 aliphatic carbocycles. The van der Waals surface area contributed by atoms with Gasteiger partial charge in [-0.15, -0.1) is 0 Å². The molecule has 1 aliphatic rings. The fourth-order valence-corrected chi connectivity index (χ4v) is 1.60. The molecular weight excluding hydrogens is 182 g/mol. The van der Waals surface area contributed by atoms with Crippen molar-refractivity contribution in [1.29, 1.82) is 0 Å². The van der Waals surface area contributed by atoms with E-state index in [0.717, 1.165) is 17.8 Å². The molecule has 1 N–H and O–H groups in total. The fourth-order valence-electron chi connectivity index (χ4n) is 1.60. The van der Waals surface area contributed by atoms with Gasteiger partial charge in [0, 0.05) is 5.69 Å². The van der Waals surface area contributed by atoms with Crippen LogP contribution in [0.2, 0.25) is 0 Å². The Labute approximate surface area is 82.0 Å². The van der Waals surface area contributed by atoms with Gasteiger partial charge in [-0.25, -0.2) is 5.06 Å². The summed E-state index contributed by atoms with van der Waals surface area (Å²) in [6.07, 6.45) is 0.904. The van der Waals surface area contributed by atoms with Crippen molar-refractivity contribution in [3.63, 3.8) is 0 Å². The third-order valence-electron chi connectivity index (χ3n) is 2.32. The maximum absolute atomic E-state index is 11.9. The van der Waals surface area contributed by atoms with Crippen LogP contribution in [0, 0.1) is 13.8 Å². The maximum Gasteiger partial charge on any atom is 0.281 e. The molecule has 0 atom stereocenters. The molecule has 1 fully saturated rings. The predicted octanol–water partition coefficient (Wildman–Crippen LogP) is 0.804. The summed E-state index contributed by atoms with van der Waals surface area (Å²) in [6.45, 7) is 4.95. The Morgan fingerprint density at radius 2 is 2.36 bits per heavy atom. The predicted molar refractivity (Wildman–Crippen MR) is 49.7 cm³/mol. The number of nitrogens with zero attached hydrogens (tertiary/aromatic N) is 2. The molecule has 5 heteroatoms. The van der Waals surface area contributed by atoms with Crippen LogP contribution in [0.25, 0.3) is 0 Å². The highest BCUT2D eigenvalue weighted by Gasteiger charge is 2.25. The summed E-state index contributed by atoms with van der Waals surface area (Å²) in [6, 6.07) is 0. The van der Waals surface area contributed by atoms with Gasteiger partial charge in [-0.1, -0.05) is 0 Å². The van der Waals surface area contributed by atoms with Gasteiger partial charge in [0.05, 0.1) is 24.4 Å². The van der Waals surface area contributed by atoms with Crippen molar-refractivity contribution < 1.29 is 9.63 Å². The highest BCUT2D eigenvalue weighted by Crippen LogP contribution is 2.15. The molecule has 1 aromatic heterocycles. The summed E-state index contributed by atoms with van der Waals surface area (Å²) in [5, 5.41) is 8.18. The van der Waals surface area contributed by atoms with E-state index < -0.39 is 0 Å². The zero-order chi connectivity index (χ0) is 10.1. The zero-order valence-electron chi connectivity index (χ0n) is 8.33. The molecule has 0 spiro atoms. The molecule has 1 aliphatic heterocycles. The van der Waals surface area contributed by atoms with Gasteiger partial charge >= 0.3 is 0 Å². The molecule has 0 aromatic carbocycles. The molecule has 76 valence electrons. The SMILES string of the molecule is Cc1n[nH]c(C)c1C(=O)N1CCCO1. The van der Waals surface area contributed by atoms with Crippen molar-refractivity contribution in [3.8, 4) is 0 Å². The topological polar surface area (TPSA) is 58.2 Å². The second kappa shape index (κ2) is 3.42. The largest absolute Gasteiger partial charge is 0.282 e. The van der Waals surface area contributed by atoms with Gasteiger partial charge in [0.2, 0.25) is 0 Å². The number of amides is 1. The highest BCUT2D eigenvalue weighted by atomic mass is 16.7. The number of hydroxylamine groups is 2. The normalized spacial score (nSPS) is 16.3. The minimum Gasteiger partial charge on any atom is -0.282 e. The van der Waals surface area contributed by atoms with Gasteiger partial charge in [-0.3, -0.25) is 14.7 Å². The van der Waals surface area contributed by atoms with Crippen LogP contribution in [0.1, 0.15) is 28.2 Å². The number of hydrogen-bond acceptors (Lipinski definition) is 3. The van der Waals surface area contributed by atoms with E-state index in [1.165, 1.54) is 5.06 Å². The van der Waals surface area contributed by atoms with Gasteiger partial charge < -0.3 is 0 Å². The molecule has 0 saturated carbocycles. The van der Waals surface area contributed by atoms with E-state index in [2.05, 4.69) is 10.2 Å². The molecule has 1 amide bonds. The molecule has 1 aromatic rings. The zero-order valence-corrected chi connectivity index (χ0v) is 8.33. The van der Waals surface area contributed by atoms with Gasteiger partial charge in [-0.2, -0.15) is 5.10 Å². The van der Waals surface area contributed by atoms with Crippen LogP contribution in [0.4, 0.5) is 0 Å². The number of nitrogens with one attached hydrogen (secondary N) is 1. The quantitative estimate of drug-likeness (QED) is 0.721. The van der Waals surface area contributed by atoms with Crippen molar-refractivity contribution in [2.24, 2.45) is 0 Å². The lowest BCUT2D eigenvalue weighted by Gasteiger charge is -2.13. The van der Waals surface area contributed by atoms with E-state index in [9.17, 15) is 4.79 Å². The van der Waals surface area contributed by atoms with E-state index in [4.69, 9.17) is 4.84 Å². The van der Waals surface area contributed by atoms with Crippen molar-refractivity contribution in [1.82, 2.24) is 15.3 Å².